The van der Waals surface area contributed by atoms with Gasteiger partial charge in [-0.15, -0.1) is 11.3 Å². The largest absolute Gasteiger partial charge is 0.495 e. The Morgan fingerprint density at radius 3 is 2.79 bits per heavy atom. The Bertz CT molecular complexity index is 743. The van der Waals surface area contributed by atoms with E-state index in [9.17, 15) is 0 Å². The van der Waals surface area contributed by atoms with E-state index in [1.165, 1.54) is 0 Å². The summed E-state index contributed by atoms with van der Waals surface area (Å²) in [5.41, 5.74) is 0.978. The maximum Gasteiger partial charge on any atom is 0.200 e. The van der Waals surface area contributed by atoms with Crippen molar-refractivity contribution in [3.63, 3.8) is 0 Å². The fourth-order valence-corrected chi connectivity index (χ4v) is 2.96. The molecular formula is C13H11N3OS2. The van der Waals surface area contributed by atoms with Crippen molar-refractivity contribution < 1.29 is 4.74 Å². The summed E-state index contributed by atoms with van der Waals surface area (Å²) in [4.78, 5) is 0.957. The first-order valence-corrected chi connectivity index (χ1v) is 6.94. The third kappa shape index (κ3) is 2.09. The van der Waals surface area contributed by atoms with Crippen molar-refractivity contribution in [1.82, 2.24) is 14.8 Å². The van der Waals surface area contributed by atoms with Gasteiger partial charge in [0.1, 0.15) is 10.6 Å². The summed E-state index contributed by atoms with van der Waals surface area (Å²) < 4.78 is 7.82. The van der Waals surface area contributed by atoms with Crippen molar-refractivity contribution in [2.75, 3.05) is 7.11 Å². The number of hydrogen-bond donors (Lipinski definition) is 1. The highest BCUT2D eigenvalue weighted by molar-refractivity contribution is 7.71. The summed E-state index contributed by atoms with van der Waals surface area (Å²) >= 11 is 6.89. The molecule has 0 atom stereocenters. The van der Waals surface area contributed by atoms with Crippen LogP contribution in [0.4, 0.5) is 0 Å². The van der Waals surface area contributed by atoms with E-state index in [0.717, 1.165) is 22.1 Å². The lowest BCUT2D eigenvalue weighted by molar-refractivity contribution is 0.418. The molecular weight excluding hydrogens is 278 g/mol. The molecule has 0 aliphatic heterocycles. The molecule has 0 fully saturated rings. The van der Waals surface area contributed by atoms with Gasteiger partial charge in [-0.3, -0.25) is 9.67 Å². The average Bonchev–Trinajstić information content (AvgIpc) is 3.05. The zero-order chi connectivity index (χ0) is 13.2. The van der Waals surface area contributed by atoms with Crippen molar-refractivity contribution in [3.05, 3.63) is 46.5 Å². The minimum absolute atomic E-state index is 0.566. The molecule has 2 heterocycles. The smallest absolute Gasteiger partial charge is 0.200 e. The second-order valence-corrected chi connectivity index (χ2v) is 5.14. The van der Waals surface area contributed by atoms with Gasteiger partial charge >= 0.3 is 0 Å². The summed E-state index contributed by atoms with van der Waals surface area (Å²) in [7, 11) is 1.65. The second-order valence-electron chi connectivity index (χ2n) is 3.84. The molecule has 0 saturated heterocycles. The summed E-state index contributed by atoms with van der Waals surface area (Å²) in [6, 6.07) is 11.8. The van der Waals surface area contributed by atoms with Crippen LogP contribution in [-0.2, 0) is 0 Å². The Hall–Kier alpha value is -1.92. The van der Waals surface area contributed by atoms with Crippen LogP contribution >= 0.6 is 23.6 Å². The topological polar surface area (TPSA) is 42.8 Å². The number of nitrogens with one attached hydrogen (secondary N) is 1. The number of rotatable bonds is 3. The lowest BCUT2D eigenvalue weighted by Crippen LogP contribution is -1.97. The van der Waals surface area contributed by atoms with E-state index < -0.39 is 0 Å². The van der Waals surface area contributed by atoms with Gasteiger partial charge in [0.15, 0.2) is 10.6 Å². The van der Waals surface area contributed by atoms with Gasteiger partial charge in [0, 0.05) is 5.69 Å². The van der Waals surface area contributed by atoms with E-state index in [1.54, 1.807) is 18.4 Å². The molecule has 2 aromatic heterocycles. The number of nitrogens with zero attached hydrogens (tertiary/aromatic N) is 2. The number of aromatic nitrogens is 3. The number of hydrogen-bond acceptors (Lipinski definition) is 4. The van der Waals surface area contributed by atoms with Crippen LogP contribution in [0.25, 0.3) is 16.4 Å². The molecule has 1 N–H and O–H groups in total. The normalized spacial score (nSPS) is 10.6. The van der Waals surface area contributed by atoms with Crippen LogP contribution in [0, 0.1) is 4.77 Å². The van der Waals surface area contributed by atoms with E-state index in [0.29, 0.717) is 4.77 Å². The first-order chi connectivity index (χ1) is 9.31. The van der Waals surface area contributed by atoms with Gasteiger partial charge < -0.3 is 4.74 Å². The van der Waals surface area contributed by atoms with E-state index >= 15 is 0 Å². The van der Waals surface area contributed by atoms with Crippen molar-refractivity contribution in [1.29, 1.82) is 0 Å². The Morgan fingerprint density at radius 2 is 2.05 bits per heavy atom. The first-order valence-electron chi connectivity index (χ1n) is 5.66. The van der Waals surface area contributed by atoms with Crippen molar-refractivity contribution in [2.24, 2.45) is 0 Å². The number of ether oxygens (including phenoxy) is 1. The fourth-order valence-electron chi connectivity index (χ4n) is 1.89. The van der Waals surface area contributed by atoms with Gasteiger partial charge in [0.25, 0.3) is 0 Å². The highest BCUT2D eigenvalue weighted by atomic mass is 32.1. The third-order valence-corrected chi connectivity index (χ3v) is 3.90. The molecule has 0 amide bonds. The molecule has 3 rings (SSSR count). The molecule has 0 spiro atoms. The van der Waals surface area contributed by atoms with Crippen LogP contribution in [0.3, 0.4) is 0 Å². The Balaban J connectivity index is 2.23. The molecule has 0 bridgehead atoms. The number of para-hydroxylation sites is 1. The Morgan fingerprint density at radius 1 is 1.26 bits per heavy atom. The summed E-state index contributed by atoms with van der Waals surface area (Å²) in [5, 5.41) is 9.14. The minimum atomic E-state index is 0.566. The van der Waals surface area contributed by atoms with Crippen molar-refractivity contribution in [3.8, 4) is 22.1 Å². The van der Waals surface area contributed by atoms with Crippen LogP contribution in [0.15, 0.2) is 41.8 Å². The van der Waals surface area contributed by atoms with Crippen molar-refractivity contribution in [2.45, 2.75) is 0 Å². The number of benzene rings is 1. The minimum Gasteiger partial charge on any atom is -0.495 e. The molecule has 0 aliphatic rings. The number of aromatic amines is 1. The van der Waals surface area contributed by atoms with Gasteiger partial charge in [-0.05, 0) is 35.8 Å². The van der Waals surface area contributed by atoms with Gasteiger partial charge in [-0.1, -0.05) is 18.2 Å². The van der Waals surface area contributed by atoms with Crippen LogP contribution in [0.5, 0.6) is 5.75 Å². The summed E-state index contributed by atoms with van der Waals surface area (Å²) in [5.74, 6) is 1.57. The average molecular weight is 289 g/mol. The third-order valence-electron chi connectivity index (χ3n) is 2.74. The molecule has 0 saturated carbocycles. The second kappa shape index (κ2) is 4.99. The van der Waals surface area contributed by atoms with E-state index in [4.69, 9.17) is 17.0 Å². The Labute approximate surface area is 119 Å². The highest BCUT2D eigenvalue weighted by Gasteiger charge is 2.16. The molecule has 0 radical (unpaired) electrons. The predicted octanol–water partition coefficient (Wildman–Crippen LogP) is 3.67. The number of thiophene rings is 1. The summed E-state index contributed by atoms with van der Waals surface area (Å²) in [6.07, 6.45) is 0. The zero-order valence-electron chi connectivity index (χ0n) is 10.2. The number of methoxy groups -OCH3 is 1. The lowest BCUT2D eigenvalue weighted by Gasteiger charge is -2.06. The van der Waals surface area contributed by atoms with E-state index in [1.807, 2.05) is 46.3 Å². The molecule has 6 heteroatoms. The molecule has 1 aromatic carbocycles. The van der Waals surface area contributed by atoms with Gasteiger partial charge in [0.05, 0.1) is 7.11 Å². The lowest BCUT2D eigenvalue weighted by atomic mass is 10.3. The first kappa shape index (κ1) is 12.1. The highest BCUT2D eigenvalue weighted by Crippen LogP contribution is 2.35. The van der Waals surface area contributed by atoms with Crippen LogP contribution in [-0.4, -0.2) is 21.9 Å². The summed E-state index contributed by atoms with van der Waals surface area (Å²) in [6.45, 7) is 0. The van der Waals surface area contributed by atoms with Crippen molar-refractivity contribution >= 4 is 23.6 Å². The molecule has 96 valence electrons. The van der Waals surface area contributed by atoms with Gasteiger partial charge in [-0.25, -0.2) is 0 Å². The Kier molecular flexibility index (Phi) is 3.18. The van der Waals surface area contributed by atoms with Crippen LogP contribution in [0.1, 0.15) is 0 Å². The fraction of sp³-hybridized carbons (Fsp3) is 0.0769. The monoisotopic (exact) mass is 289 g/mol. The van der Waals surface area contributed by atoms with Gasteiger partial charge in [-0.2, -0.15) is 5.10 Å². The zero-order valence-corrected chi connectivity index (χ0v) is 11.8. The molecule has 19 heavy (non-hydrogen) atoms. The predicted molar refractivity (Wildman–Crippen MR) is 78.6 cm³/mol. The van der Waals surface area contributed by atoms with E-state index in [-0.39, 0.29) is 0 Å². The SMILES string of the molecule is COc1ccsc1-c1n[nH]c(=S)n1-c1ccccc1. The molecule has 3 aromatic rings. The maximum absolute atomic E-state index is 5.35. The van der Waals surface area contributed by atoms with E-state index in [2.05, 4.69) is 10.2 Å². The van der Waals surface area contributed by atoms with Crippen LogP contribution in [0.2, 0.25) is 0 Å². The standard InChI is InChI=1S/C13H11N3OS2/c1-17-10-7-8-19-11(10)12-14-15-13(18)16(12)9-5-3-2-4-6-9/h2-8H,1H3,(H,15,18). The van der Waals surface area contributed by atoms with Crippen LogP contribution < -0.4 is 4.74 Å². The molecule has 0 aliphatic carbocycles. The molecule has 0 unspecified atom stereocenters. The number of H-pyrrole nitrogens is 1. The van der Waals surface area contributed by atoms with Gasteiger partial charge in [0.2, 0.25) is 0 Å². The molecule has 4 nitrogen and oxygen atoms in total. The maximum atomic E-state index is 5.35. The quantitative estimate of drug-likeness (QED) is 0.748.